The van der Waals surface area contributed by atoms with Crippen LogP contribution < -0.4 is 5.32 Å². The topological polar surface area (TPSA) is 54.9 Å². The van der Waals surface area contributed by atoms with E-state index in [2.05, 4.69) is 15.3 Å². The third-order valence-electron chi connectivity index (χ3n) is 3.87. The molecule has 2 bridgehead atoms. The lowest BCUT2D eigenvalue weighted by Crippen LogP contribution is -2.50. The zero-order valence-electron chi connectivity index (χ0n) is 9.80. The first-order valence-corrected chi connectivity index (χ1v) is 6.40. The maximum atomic E-state index is 12.3. The van der Waals surface area contributed by atoms with E-state index >= 15 is 0 Å². The number of fused-ring (bicyclic) bond motifs is 2. The van der Waals surface area contributed by atoms with Crippen molar-refractivity contribution in [2.45, 2.75) is 44.2 Å². The molecule has 2 aliphatic heterocycles. The summed E-state index contributed by atoms with van der Waals surface area (Å²) in [6.07, 6.45) is 8.89. The molecule has 4 nitrogen and oxygen atoms in total. The zero-order valence-corrected chi connectivity index (χ0v) is 9.80. The summed E-state index contributed by atoms with van der Waals surface area (Å²) in [4.78, 5) is 20.4. The van der Waals surface area contributed by atoms with Gasteiger partial charge in [-0.25, -0.2) is 9.97 Å². The van der Waals surface area contributed by atoms with E-state index in [9.17, 15) is 4.79 Å². The van der Waals surface area contributed by atoms with Gasteiger partial charge in [0.1, 0.15) is 0 Å². The highest BCUT2D eigenvalue weighted by Crippen LogP contribution is 2.31. The molecule has 90 valence electrons. The third-order valence-corrected chi connectivity index (χ3v) is 3.87. The minimum Gasteiger partial charge on any atom is -0.311 e. The van der Waals surface area contributed by atoms with Gasteiger partial charge in [-0.2, -0.15) is 0 Å². The number of carbonyl (C=O) groups excluding carboxylic acids is 1. The summed E-state index contributed by atoms with van der Waals surface area (Å²) in [6.45, 7) is 0. The van der Waals surface area contributed by atoms with Gasteiger partial charge >= 0.3 is 0 Å². The maximum absolute atomic E-state index is 12.3. The van der Waals surface area contributed by atoms with Gasteiger partial charge in [0.05, 0.1) is 0 Å². The molecule has 0 spiro atoms. The lowest BCUT2D eigenvalue weighted by atomic mass is 9.78. The van der Waals surface area contributed by atoms with Gasteiger partial charge < -0.3 is 5.32 Å². The van der Waals surface area contributed by atoms with Gasteiger partial charge in [-0.15, -0.1) is 0 Å². The van der Waals surface area contributed by atoms with Gasteiger partial charge in [0.2, 0.25) is 5.78 Å². The van der Waals surface area contributed by atoms with Crippen LogP contribution in [0.3, 0.4) is 0 Å². The van der Waals surface area contributed by atoms with Crippen molar-refractivity contribution >= 4 is 5.78 Å². The molecule has 0 saturated carbocycles. The molecule has 0 amide bonds. The Morgan fingerprint density at radius 2 is 1.82 bits per heavy atom. The summed E-state index contributed by atoms with van der Waals surface area (Å²) >= 11 is 0. The van der Waals surface area contributed by atoms with Crippen LogP contribution in [0.25, 0.3) is 0 Å². The largest absolute Gasteiger partial charge is 0.311 e. The number of aromatic nitrogens is 2. The summed E-state index contributed by atoms with van der Waals surface area (Å²) in [5.41, 5.74) is 0. The average molecular weight is 231 g/mol. The molecule has 4 heteroatoms. The quantitative estimate of drug-likeness (QED) is 0.785. The van der Waals surface area contributed by atoms with Crippen molar-refractivity contribution in [2.75, 3.05) is 0 Å². The van der Waals surface area contributed by atoms with Crippen LogP contribution in [0, 0.1) is 5.92 Å². The lowest BCUT2D eigenvalue weighted by Gasteiger charge is -2.39. The summed E-state index contributed by atoms with van der Waals surface area (Å²) < 4.78 is 0. The predicted octanol–water partition coefficient (Wildman–Crippen LogP) is 1.58. The molecule has 0 aliphatic carbocycles. The highest BCUT2D eigenvalue weighted by atomic mass is 16.1. The molecule has 2 atom stereocenters. The fourth-order valence-corrected chi connectivity index (χ4v) is 3.09. The van der Waals surface area contributed by atoms with E-state index in [1.54, 1.807) is 18.5 Å². The van der Waals surface area contributed by atoms with Crippen molar-refractivity contribution in [3.8, 4) is 0 Å². The van der Waals surface area contributed by atoms with Crippen LogP contribution in [0.5, 0.6) is 0 Å². The number of Topliss-reactive ketones (excluding diaryl/α,β-unsaturated/α-hetero) is 1. The highest BCUT2D eigenvalue weighted by molar-refractivity contribution is 5.94. The summed E-state index contributed by atoms with van der Waals surface area (Å²) in [6, 6.07) is 2.80. The first kappa shape index (κ1) is 10.8. The molecule has 1 N–H and O–H groups in total. The van der Waals surface area contributed by atoms with Crippen LogP contribution in [-0.4, -0.2) is 27.8 Å². The number of hydrogen-bond donors (Lipinski definition) is 1. The summed E-state index contributed by atoms with van der Waals surface area (Å²) in [5, 5.41) is 3.60. The number of ketones is 1. The van der Waals surface area contributed by atoms with Crippen LogP contribution in [0.2, 0.25) is 0 Å². The third kappa shape index (κ3) is 2.22. The first-order chi connectivity index (χ1) is 8.33. The molecule has 3 heterocycles. The van der Waals surface area contributed by atoms with Crippen molar-refractivity contribution < 1.29 is 4.79 Å². The number of rotatable bonds is 2. The van der Waals surface area contributed by atoms with Gasteiger partial charge in [0.25, 0.3) is 0 Å². The van der Waals surface area contributed by atoms with E-state index in [-0.39, 0.29) is 11.7 Å². The smallest absolute Gasteiger partial charge is 0.203 e. The second kappa shape index (κ2) is 4.53. The molecule has 2 fully saturated rings. The Bertz CT molecular complexity index is 394. The molecule has 2 aliphatic rings. The Labute approximate surface area is 101 Å². The van der Waals surface area contributed by atoms with Crippen LogP contribution in [-0.2, 0) is 0 Å². The second-order valence-electron chi connectivity index (χ2n) is 5.10. The van der Waals surface area contributed by atoms with Crippen molar-refractivity contribution in [3.05, 3.63) is 24.3 Å². The minimum atomic E-state index is 0.119. The normalized spacial score (nSPS) is 32.1. The summed E-state index contributed by atoms with van der Waals surface area (Å²) in [5.74, 6) is 0.635. The molecule has 0 radical (unpaired) electrons. The van der Waals surface area contributed by atoms with E-state index in [1.807, 2.05) is 0 Å². The fraction of sp³-hybridized carbons (Fsp3) is 0.615. The van der Waals surface area contributed by atoms with Gasteiger partial charge in [0.15, 0.2) is 5.82 Å². The molecular formula is C13H17N3O. The second-order valence-corrected chi connectivity index (χ2v) is 5.10. The van der Waals surface area contributed by atoms with Gasteiger partial charge in [-0.05, 0) is 31.7 Å². The molecular weight excluding hydrogens is 214 g/mol. The van der Waals surface area contributed by atoms with Crippen LogP contribution >= 0.6 is 0 Å². The van der Waals surface area contributed by atoms with Gasteiger partial charge in [0, 0.05) is 30.4 Å². The van der Waals surface area contributed by atoms with Crippen molar-refractivity contribution in [2.24, 2.45) is 5.92 Å². The SMILES string of the molecule is O=C(c1ncccn1)C1CC2CCCC(C1)N2. The van der Waals surface area contributed by atoms with Crippen LogP contribution in [0.15, 0.2) is 18.5 Å². The van der Waals surface area contributed by atoms with Crippen LogP contribution in [0.1, 0.15) is 42.7 Å². The Balaban J connectivity index is 1.74. The molecule has 3 rings (SSSR count). The number of nitrogens with zero attached hydrogens (tertiary/aromatic N) is 2. The molecule has 2 saturated heterocycles. The number of hydrogen-bond acceptors (Lipinski definition) is 4. The summed E-state index contributed by atoms with van der Waals surface area (Å²) in [7, 11) is 0. The Morgan fingerprint density at radius 1 is 1.18 bits per heavy atom. The Morgan fingerprint density at radius 3 is 2.47 bits per heavy atom. The van der Waals surface area contributed by atoms with E-state index in [1.165, 1.54) is 19.3 Å². The van der Waals surface area contributed by atoms with E-state index < -0.39 is 0 Å². The fourth-order valence-electron chi connectivity index (χ4n) is 3.09. The lowest BCUT2D eigenvalue weighted by molar-refractivity contribution is 0.0814. The Kier molecular flexibility index (Phi) is 2.89. The van der Waals surface area contributed by atoms with Gasteiger partial charge in [-0.1, -0.05) is 6.42 Å². The molecule has 1 aromatic heterocycles. The van der Waals surface area contributed by atoms with E-state index in [0.29, 0.717) is 17.9 Å². The first-order valence-electron chi connectivity index (χ1n) is 6.40. The number of piperidine rings is 2. The molecule has 1 aromatic rings. The van der Waals surface area contributed by atoms with Crippen LogP contribution in [0.4, 0.5) is 0 Å². The highest BCUT2D eigenvalue weighted by Gasteiger charge is 2.35. The monoisotopic (exact) mass is 231 g/mol. The molecule has 2 unspecified atom stereocenters. The standard InChI is InChI=1S/C13H17N3O/c17-12(13-14-5-2-6-15-13)9-7-10-3-1-4-11(8-9)16-10/h2,5-6,9-11,16H,1,3-4,7-8H2. The number of nitrogens with one attached hydrogen (secondary N) is 1. The van der Waals surface area contributed by atoms with Gasteiger partial charge in [-0.3, -0.25) is 4.79 Å². The number of carbonyl (C=O) groups is 1. The predicted molar refractivity (Wildman–Crippen MR) is 63.6 cm³/mol. The minimum absolute atomic E-state index is 0.119. The van der Waals surface area contributed by atoms with E-state index in [4.69, 9.17) is 0 Å². The van der Waals surface area contributed by atoms with Crippen molar-refractivity contribution in [3.63, 3.8) is 0 Å². The Hall–Kier alpha value is -1.29. The molecule has 17 heavy (non-hydrogen) atoms. The maximum Gasteiger partial charge on any atom is 0.203 e. The van der Waals surface area contributed by atoms with E-state index in [0.717, 1.165) is 12.8 Å². The zero-order chi connectivity index (χ0) is 11.7. The van der Waals surface area contributed by atoms with Crippen molar-refractivity contribution in [1.82, 2.24) is 15.3 Å². The molecule has 0 aromatic carbocycles. The average Bonchev–Trinajstić information content (AvgIpc) is 2.38. The van der Waals surface area contributed by atoms with Crippen molar-refractivity contribution in [1.29, 1.82) is 0 Å².